The van der Waals surface area contributed by atoms with E-state index in [1.807, 2.05) is 5.43 Å². The molecular formula is C16H14N4O4. The summed E-state index contributed by atoms with van der Waals surface area (Å²) in [5, 5.41) is 15.0. The topological polar surface area (TPSA) is 121 Å². The second-order valence-corrected chi connectivity index (χ2v) is 4.60. The van der Waals surface area contributed by atoms with E-state index in [1.54, 1.807) is 36.5 Å². The predicted molar refractivity (Wildman–Crippen MR) is 85.2 cm³/mol. The van der Waals surface area contributed by atoms with Gasteiger partial charge in [0, 0.05) is 11.8 Å². The van der Waals surface area contributed by atoms with Gasteiger partial charge < -0.3 is 10.4 Å². The molecule has 0 bridgehead atoms. The lowest BCUT2D eigenvalue weighted by Gasteiger charge is -2.03. The Labute approximate surface area is 137 Å². The molecule has 8 heteroatoms. The molecule has 0 aliphatic rings. The van der Waals surface area contributed by atoms with Crippen molar-refractivity contribution < 1.29 is 19.5 Å². The molecule has 2 aromatic rings. The second-order valence-electron chi connectivity index (χ2n) is 4.60. The molecule has 0 fully saturated rings. The Morgan fingerprint density at radius 2 is 1.83 bits per heavy atom. The van der Waals surface area contributed by atoms with Crippen molar-refractivity contribution in [1.82, 2.24) is 15.7 Å². The fraction of sp³-hybridized carbons (Fsp3) is 0.0625. The number of nitrogens with zero attached hydrogens (tertiary/aromatic N) is 2. The second kappa shape index (κ2) is 8.18. The third-order valence-electron chi connectivity index (χ3n) is 2.92. The van der Waals surface area contributed by atoms with Gasteiger partial charge in [0.05, 0.1) is 24.0 Å². The summed E-state index contributed by atoms with van der Waals surface area (Å²) in [7, 11) is 0. The van der Waals surface area contributed by atoms with E-state index in [0.717, 1.165) is 6.21 Å². The average Bonchev–Trinajstić information content (AvgIpc) is 2.60. The number of carbonyl (C=O) groups is 3. The van der Waals surface area contributed by atoms with E-state index in [2.05, 4.69) is 15.4 Å². The number of aromatic nitrogens is 1. The highest BCUT2D eigenvalue weighted by Gasteiger charge is 2.12. The largest absolute Gasteiger partial charge is 0.478 e. The van der Waals surface area contributed by atoms with Crippen molar-refractivity contribution in [1.29, 1.82) is 0 Å². The number of carboxylic acid groups (broad SMARTS) is 1. The van der Waals surface area contributed by atoms with Gasteiger partial charge in [-0.25, -0.2) is 10.2 Å². The van der Waals surface area contributed by atoms with Crippen LogP contribution in [-0.4, -0.2) is 34.1 Å². The van der Waals surface area contributed by atoms with Crippen molar-refractivity contribution in [2.24, 2.45) is 5.10 Å². The molecule has 1 aromatic carbocycles. The third kappa shape index (κ3) is 4.73. The van der Waals surface area contributed by atoms with Crippen LogP contribution in [0.3, 0.4) is 0 Å². The first-order valence-corrected chi connectivity index (χ1v) is 6.91. The van der Waals surface area contributed by atoms with Crippen molar-refractivity contribution in [2.45, 2.75) is 6.54 Å². The zero-order valence-electron chi connectivity index (χ0n) is 12.5. The van der Waals surface area contributed by atoms with Gasteiger partial charge in [-0.05, 0) is 18.2 Å². The van der Waals surface area contributed by atoms with Gasteiger partial charge >= 0.3 is 17.8 Å². The molecule has 122 valence electrons. The maximum Gasteiger partial charge on any atom is 0.336 e. The molecule has 0 spiro atoms. The van der Waals surface area contributed by atoms with Gasteiger partial charge in [-0.3, -0.25) is 14.6 Å². The minimum absolute atomic E-state index is 0.0371. The molecular weight excluding hydrogens is 312 g/mol. The van der Waals surface area contributed by atoms with E-state index in [1.165, 1.54) is 12.1 Å². The van der Waals surface area contributed by atoms with Crippen molar-refractivity contribution in [3.05, 3.63) is 65.5 Å². The molecule has 3 N–H and O–H groups in total. The number of carbonyl (C=O) groups excluding carboxylic acids is 2. The summed E-state index contributed by atoms with van der Waals surface area (Å²) in [6.45, 7) is 0.110. The number of hydrogen-bond acceptors (Lipinski definition) is 5. The fourth-order valence-corrected chi connectivity index (χ4v) is 1.77. The van der Waals surface area contributed by atoms with Crippen molar-refractivity contribution in [2.75, 3.05) is 0 Å². The zero-order chi connectivity index (χ0) is 17.4. The smallest absolute Gasteiger partial charge is 0.336 e. The molecule has 0 saturated carbocycles. The molecule has 1 heterocycles. The first-order chi connectivity index (χ1) is 11.6. The van der Waals surface area contributed by atoms with Gasteiger partial charge in [-0.2, -0.15) is 5.10 Å². The number of rotatable bonds is 5. The van der Waals surface area contributed by atoms with E-state index in [0.29, 0.717) is 11.3 Å². The first-order valence-electron chi connectivity index (χ1n) is 6.91. The lowest BCUT2D eigenvalue weighted by molar-refractivity contribution is -0.139. The Morgan fingerprint density at radius 3 is 2.54 bits per heavy atom. The molecule has 2 rings (SSSR count). The normalized spacial score (nSPS) is 10.3. The minimum Gasteiger partial charge on any atom is -0.478 e. The highest BCUT2D eigenvalue weighted by atomic mass is 16.4. The van der Waals surface area contributed by atoms with Crippen LogP contribution >= 0.6 is 0 Å². The van der Waals surface area contributed by atoms with Crippen LogP contribution in [0, 0.1) is 0 Å². The maximum atomic E-state index is 11.6. The predicted octanol–water partition coefficient (Wildman–Crippen LogP) is 0.546. The first kappa shape index (κ1) is 16.8. The van der Waals surface area contributed by atoms with Crippen LogP contribution in [0.5, 0.6) is 0 Å². The SMILES string of the molecule is O=C(NCc1ccccn1)C(=O)NN=Cc1ccccc1C(=O)O. The molecule has 24 heavy (non-hydrogen) atoms. The molecule has 1 aromatic heterocycles. The van der Waals surface area contributed by atoms with Gasteiger partial charge in [-0.1, -0.05) is 24.3 Å². The van der Waals surface area contributed by atoms with E-state index in [-0.39, 0.29) is 12.1 Å². The van der Waals surface area contributed by atoms with Crippen LogP contribution in [-0.2, 0) is 16.1 Å². The quantitative estimate of drug-likeness (QED) is 0.421. The lowest BCUT2D eigenvalue weighted by Crippen LogP contribution is -2.37. The Kier molecular flexibility index (Phi) is 5.73. The Bertz CT molecular complexity index is 775. The van der Waals surface area contributed by atoms with Crippen molar-refractivity contribution in [3.63, 3.8) is 0 Å². The third-order valence-corrected chi connectivity index (χ3v) is 2.92. The van der Waals surface area contributed by atoms with Gasteiger partial charge in [-0.15, -0.1) is 0 Å². The lowest BCUT2D eigenvalue weighted by atomic mass is 10.1. The van der Waals surface area contributed by atoms with Gasteiger partial charge in [0.1, 0.15) is 0 Å². The minimum atomic E-state index is -1.11. The average molecular weight is 326 g/mol. The monoisotopic (exact) mass is 326 g/mol. The molecule has 0 radical (unpaired) electrons. The Morgan fingerprint density at radius 1 is 1.08 bits per heavy atom. The molecule has 0 aliphatic heterocycles. The van der Waals surface area contributed by atoms with E-state index >= 15 is 0 Å². The summed E-state index contributed by atoms with van der Waals surface area (Å²) >= 11 is 0. The number of carboxylic acids is 1. The van der Waals surface area contributed by atoms with Crippen LogP contribution < -0.4 is 10.7 Å². The number of nitrogens with one attached hydrogen (secondary N) is 2. The van der Waals surface area contributed by atoms with Gasteiger partial charge in [0.15, 0.2) is 0 Å². The van der Waals surface area contributed by atoms with E-state index < -0.39 is 17.8 Å². The number of aromatic carboxylic acids is 1. The molecule has 0 aliphatic carbocycles. The molecule has 0 atom stereocenters. The standard InChI is InChI=1S/C16H14N4O4/c21-14(18-10-12-6-3-4-8-17-12)15(22)20-19-9-11-5-1-2-7-13(11)16(23)24/h1-9H,10H2,(H,18,21)(H,20,22)(H,23,24). The Hall–Kier alpha value is -3.55. The number of hydrazone groups is 1. The van der Waals surface area contributed by atoms with Crippen LogP contribution in [0.15, 0.2) is 53.8 Å². The molecule has 8 nitrogen and oxygen atoms in total. The maximum absolute atomic E-state index is 11.6. The van der Waals surface area contributed by atoms with E-state index in [4.69, 9.17) is 5.11 Å². The summed E-state index contributed by atoms with van der Waals surface area (Å²) in [6.07, 6.45) is 2.74. The summed E-state index contributed by atoms with van der Waals surface area (Å²) in [6, 6.07) is 11.4. The highest BCUT2D eigenvalue weighted by Crippen LogP contribution is 2.05. The summed E-state index contributed by atoms with van der Waals surface area (Å²) in [5.74, 6) is -2.95. The van der Waals surface area contributed by atoms with Gasteiger partial charge in [0.25, 0.3) is 0 Å². The summed E-state index contributed by atoms with van der Waals surface area (Å²) < 4.78 is 0. The van der Waals surface area contributed by atoms with Crippen LogP contribution in [0.2, 0.25) is 0 Å². The van der Waals surface area contributed by atoms with Crippen LogP contribution in [0.25, 0.3) is 0 Å². The number of amides is 2. The zero-order valence-corrected chi connectivity index (χ0v) is 12.5. The molecule has 0 saturated heterocycles. The molecule has 2 amide bonds. The van der Waals surface area contributed by atoms with Crippen molar-refractivity contribution in [3.8, 4) is 0 Å². The number of pyridine rings is 1. The summed E-state index contributed by atoms with van der Waals surface area (Å²) in [4.78, 5) is 38.2. The Balaban J connectivity index is 1.88. The van der Waals surface area contributed by atoms with Crippen LogP contribution in [0.4, 0.5) is 0 Å². The fourth-order valence-electron chi connectivity index (χ4n) is 1.77. The highest BCUT2D eigenvalue weighted by molar-refractivity contribution is 6.35. The van der Waals surface area contributed by atoms with Crippen LogP contribution in [0.1, 0.15) is 21.6 Å². The van der Waals surface area contributed by atoms with Crippen molar-refractivity contribution >= 4 is 24.0 Å². The molecule has 0 unspecified atom stereocenters. The van der Waals surface area contributed by atoms with E-state index in [9.17, 15) is 14.4 Å². The van der Waals surface area contributed by atoms with Gasteiger partial charge in [0.2, 0.25) is 0 Å². The number of hydrogen-bond donors (Lipinski definition) is 3. The summed E-state index contributed by atoms with van der Waals surface area (Å²) in [5.41, 5.74) is 2.99. The number of benzene rings is 1.